The average Bonchev–Trinajstić information content (AvgIpc) is 3.39. The minimum absolute atomic E-state index is 0.253. The van der Waals surface area contributed by atoms with Crippen molar-refractivity contribution in [2.75, 3.05) is 6.61 Å². The quantitative estimate of drug-likeness (QED) is 0.401. The summed E-state index contributed by atoms with van der Waals surface area (Å²) in [5, 5.41) is 33.8. The molecule has 3 fully saturated rings. The van der Waals surface area contributed by atoms with Crippen molar-refractivity contribution in [3.05, 3.63) is 51.5 Å². The van der Waals surface area contributed by atoms with Crippen molar-refractivity contribution >= 4 is 11.3 Å². The van der Waals surface area contributed by atoms with Crippen LogP contribution in [0.1, 0.15) is 88.8 Å². The maximum absolute atomic E-state index is 11.5. The van der Waals surface area contributed by atoms with Gasteiger partial charge >= 0.3 is 0 Å². The Morgan fingerprint density at radius 1 is 1.29 bits per heavy atom. The molecule has 1 heterocycles. The number of allylic oxidation sites excluding steroid dienone is 3. The Bertz CT molecular complexity index is 949. The van der Waals surface area contributed by atoms with Crippen LogP contribution in [0.5, 0.6) is 0 Å². The van der Waals surface area contributed by atoms with Gasteiger partial charge < -0.3 is 15.3 Å². The number of aliphatic hydroxyl groups is 3. The molecule has 0 unspecified atom stereocenters. The fourth-order valence-corrected chi connectivity index (χ4v) is 8.24. The lowest BCUT2D eigenvalue weighted by Crippen LogP contribution is -2.38. The molecule has 3 N–H and O–H groups in total. The summed E-state index contributed by atoms with van der Waals surface area (Å²) in [6.45, 7) is 11.4. The number of aromatic nitrogens is 1. The predicted molar refractivity (Wildman–Crippen MR) is 140 cm³/mol. The minimum Gasteiger partial charge on any atom is -0.396 e. The summed E-state index contributed by atoms with van der Waals surface area (Å²) in [5.41, 5.74) is 3.11. The normalized spacial score (nSPS) is 37.4. The summed E-state index contributed by atoms with van der Waals surface area (Å²) in [6, 6.07) is 0. The molecule has 6 atom stereocenters. The highest BCUT2D eigenvalue weighted by Crippen LogP contribution is 2.60. The van der Waals surface area contributed by atoms with Gasteiger partial charge in [-0.15, -0.1) is 11.3 Å². The summed E-state index contributed by atoms with van der Waals surface area (Å²) in [5.74, 6) is 2.06. The summed E-state index contributed by atoms with van der Waals surface area (Å²) < 4.78 is 0. The van der Waals surface area contributed by atoms with E-state index in [1.807, 2.05) is 12.3 Å². The number of unbranched alkanes of at least 4 members (excludes halogenated alkanes) is 1. The largest absolute Gasteiger partial charge is 0.396 e. The molecule has 0 aliphatic heterocycles. The van der Waals surface area contributed by atoms with E-state index in [4.69, 9.17) is 5.11 Å². The number of rotatable bonds is 7. The van der Waals surface area contributed by atoms with Crippen molar-refractivity contribution in [2.24, 2.45) is 23.2 Å². The van der Waals surface area contributed by atoms with Gasteiger partial charge in [0.1, 0.15) is 10.6 Å². The Balaban J connectivity index is 1.54. The van der Waals surface area contributed by atoms with Crippen LogP contribution in [0.2, 0.25) is 0 Å². The second-order valence-electron chi connectivity index (χ2n) is 11.4. The first kappa shape index (κ1) is 25.8. The van der Waals surface area contributed by atoms with Crippen LogP contribution in [0.4, 0.5) is 0 Å². The average molecular weight is 486 g/mol. The number of aryl methyl sites for hydroxylation is 1. The molecular weight excluding hydrogens is 442 g/mol. The van der Waals surface area contributed by atoms with Crippen molar-refractivity contribution in [2.45, 2.75) is 96.7 Å². The topological polar surface area (TPSA) is 73.6 Å². The van der Waals surface area contributed by atoms with Gasteiger partial charge in [0.2, 0.25) is 0 Å². The maximum atomic E-state index is 11.5. The third-order valence-electron chi connectivity index (χ3n) is 9.14. The lowest BCUT2D eigenvalue weighted by Gasteiger charge is -2.44. The first-order valence-corrected chi connectivity index (χ1v) is 14.1. The number of hydrogen-bond acceptors (Lipinski definition) is 5. The second-order valence-corrected chi connectivity index (χ2v) is 12.3. The third kappa shape index (κ3) is 4.86. The van der Waals surface area contributed by atoms with E-state index in [2.05, 4.69) is 37.6 Å². The molecular formula is C29H43NO3S. The molecule has 0 bridgehead atoms. The fourth-order valence-electron chi connectivity index (χ4n) is 7.31. The summed E-state index contributed by atoms with van der Waals surface area (Å²) in [6.07, 6.45) is 14.1. The molecule has 0 spiro atoms. The van der Waals surface area contributed by atoms with Gasteiger partial charge in [-0.1, -0.05) is 51.0 Å². The molecule has 1 aromatic heterocycles. The molecule has 3 saturated carbocycles. The van der Waals surface area contributed by atoms with Crippen LogP contribution in [-0.2, 0) is 5.60 Å². The van der Waals surface area contributed by atoms with E-state index in [0.717, 1.165) is 36.4 Å². The van der Waals surface area contributed by atoms with Crippen LogP contribution in [0.25, 0.3) is 0 Å². The highest BCUT2D eigenvalue weighted by Gasteiger charge is 2.50. The van der Waals surface area contributed by atoms with Gasteiger partial charge in [0, 0.05) is 24.1 Å². The van der Waals surface area contributed by atoms with Crippen LogP contribution < -0.4 is 0 Å². The standard InChI is InChI=1S/C29H43NO3S/c1-19(8-5-6-15-31)25-12-13-26-22(9-7-14-28(25,26)4)10-11-23-16-24(32)17-29(33,21(23)3)27-30-20(2)18-34-27/h10-11,18-19,24-26,31-33H,3,5-9,12-17H2,1-2,4H3/b22-10+,23-11-/t19-,24+,25+,26-,28+,29-/m0/s1. The van der Waals surface area contributed by atoms with Crippen LogP contribution in [0, 0.1) is 30.1 Å². The van der Waals surface area contributed by atoms with Crippen molar-refractivity contribution in [1.29, 1.82) is 0 Å². The SMILES string of the molecule is C=C1/C(=C\C=C2/CCC[C@]3(C)[C@@H]([C@@H](C)CCCCO)CC[C@@H]23)C[C@@H](O)C[C@@]1(O)c1nc(C)cs1. The molecule has 0 radical (unpaired) electrons. The Morgan fingerprint density at radius 2 is 2.09 bits per heavy atom. The van der Waals surface area contributed by atoms with Crippen molar-refractivity contribution < 1.29 is 15.3 Å². The first-order chi connectivity index (χ1) is 16.2. The molecule has 5 heteroatoms. The summed E-state index contributed by atoms with van der Waals surface area (Å²) in [4.78, 5) is 4.52. The Kier molecular flexibility index (Phi) is 7.88. The van der Waals surface area contributed by atoms with E-state index in [-0.39, 0.29) is 6.42 Å². The molecule has 188 valence electrons. The Labute approximate surface area is 209 Å². The van der Waals surface area contributed by atoms with Crippen LogP contribution in [-0.4, -0.2) is 33.0 Å². The molecule has 0 aromatic carbocycles. The lowest BCUT2D eigenvalue weighted by molar-refractivity contribution is 0.00317. The monoisotopic (exact) mass is 485 g/mol. The fraction of sp³-hybridized carbons (Fsp3) is 0.690. The molecule has 34 heavy (non-hydrogen) atoms. The Morgan fingerprint density at radius 3 is 2.79 bits per heavy atom. The van der Waals surface area contributed by atoms with Gasteiger partial charge in [0.15, 0.2) is 0 Å². The smallest absolute Gasteiger partial charge is 0.143 e. The van der Waals surface area contributed by atoms with E-state index >= 15 is 0 Å². The number of hydrogen-bond donors (Lipinski definition) is 3. The number of nitrogens with zero attached hydrogens (tertiary/aromatic N) is 1. The molecule has 4 nitrogen and oxygen atoms in total. The number of aliphatic hydroxyl groups excluding tert-OH is 2. The minimum atomic E-state index is -1.29. The van der Waals surface area contributed by atoms with Crippen molar-refractivity contribution in [1.82, 2.24) is 4.98 Å². The highest BCUT2D eigenvalue weighted by atomic mass is 32.1. The van der Waals surface area contributed by atoms with Crippen molar-refractivity contribution in [3.63, 3.8) is 0 Å². The summed E-state index contributed by atoms with van der Waals surface area (Å²) >= 11 is 1.44. The Hall–Kier alpha value is -1.27. The zero-order valence-electron chi connectivity index (χ0n) is 21.2. The van der Waals surface area contributed by atoms with Gasteiger partial charge in [-0.3, -0.25) is 0 Å². The van der Waals surface area contributed by atoms with E-state index in [1.54, 1.807) is 0 Å². The van der Waals surface area contributed by atoms with E-state index < -0.39 is 11.7 Å². The molecule has 0 amide bonds. The predicted octanol–water partition coefficient (Wildman–Crippen LogP) is 6.22. The summed E-state index contributed by atoms with van der Waals surface area (Å²) in [7, 11) is 0. The van der Waals surface area contributed by atoms with Crippen molar-refractivity contribution in [3.8, 4) is 0 Å². The van der Waals surface area contributed by atoms with E-state index in [9.17, 15) is 10.2 Å². The van der Waals surface area contributed by atoms with Crippen LogP contribution in [0.3, 0.4) is 0 Å². The third-order valence-corrected chi connectivity index (χ3v) is 10.2. The zero-order chi connectivity index (χ0) is 24.5. The van der Waals surface area contributed by atoms with Crippen LogP contribution in [0.15, 0.2) is 40.8 Å². The number of thiazole rings is 1. The molecule has 3 aliphatic rings. The van der Waals surface area contributed by atoms with Gasteiger partial charge in [-0.25, -0.2) is 4.98 Å². The van der Waals surface area contributed by atoms with Gasteiger partial charge in [0.25, 0.3) is 0 Å². The van der Waals surface area contributed by atoms with E-state index in [1.165, 1.54) is 49.0 Å². The second kappa shape index (κ2) is 10.4. The van der Waals surface area contributed by atoms with E-state index in [0.29, 0.717) is 40.9 Å². The molecule has 3 aliphatic carbocycles. The first-order valence-electron chi connectivity index (χ1n) is 13.2. The lowest BCUT2D eigenvalue weighted by atomic mass is 9.60. The van der Waals surface area contributed by atoms with Crippen LogP contribution >= 0.6 is 11.3 Å². The molecule has 0 saturated heterocycles. The number of fused-ring (bicyclic) bond motifs is 1. The maximum Gasteiger partial charge on any atom is 0.143 e. The molecule has 4 rings (SSSR count). The molecule has 1 aromatic rings. The zero-order valence-corrected chi connectivity index (χ0v) is 22.0. The highest BCUT2D eigenvalue weighted by molar-refractivity contribution is 7.09. The van der Waals surface area contributed by atoms with Gasteiger partial charge in [0.05, 0.1) is 6.10 Å². The van der Waals surface area contributed by atoms with Gasteiger partial charge in [-0.2, -0.15) is 0 Å². The van der Waals surface area contributed by atoms with Gasteiger partial charge in [-0.05, 0) is 86.2 Å².